The summed E-state index contributed by atoms with van der Waals surface area (Å²) in [5.41, 5.74) is 0. The molecule has 0 amide bonds. The van der Waals surface area contributed by atoms with E-state index in [1.807, 2.05) is 0 Å². The van der Waals surface area contributed by atoms with Crippen LogP contribution in [0.2, 0.25) is 0 Å². The van der Waals surface area contributed by atoms with E-state index >= 15 is 0 Å². The Morgan fingerprint density at radius 1 is 1.53 bits per heavy atom. The molecule has 0 heterocycles. The first-order valence-corrected chi connectivity index (χ1v) is 7.75. The van der Waals surface area contributed by atoms with Crippen LogP contribution in [-0.4, -0.2) is 19.2 Å². The lowest BCUT2D eigenvalue weighted by molar-refractivity contribution is -0.141. The molecular weight excluding hydrogens is 259 g/mol. The third-order valence-electron chi connectivity index (χ3n) is 1.14. The van der Waals surface area contributed by atoms with Gasteiger partial charge in [0.15, 0.2) is 0 Å². The normalized spacial score (nSPS) is 16.0. The molecule has 0 fully saturated rings. The molecule has 0 saturated heterocycles. The second-order valence-corrected chi connectivity index (χ2v) is 7.73. The molecule has 0 bridgehead atoms. The maximum Gasteiger partial charge on any atom is 0.334 e. The fourth-order valence-corrected chi connectivity index (χ4v) is 1.82. The first-order chi connectivity index (χ1) is 6.76. The number of ether oxygens (including phenoxy) is 1. The Kier molecular flexibility index (Phi) is 6.44. The summed E-state index contributed by atoms with van der Waals surface area (Å²) in [5, 5.41) is 0. The van der Waals surface area contributed by atoms with Crippen molar-refractivity contribution < 1.29 is 18.6 Å². The number of hydrogen-bond donors (Lipinski definition) is 0. The maximum absolute atomic E-state index is 11.2. The van der Waals surface area contributed by atoms with E-state index in [0.717, 1.165) is 0 Å². The Morgan fingerprint density at radius 3 is 2.47 bits per heavy atom. The summed E-state index contributed by atoms with van der Waals surface area (Å²) in [4.78, 5) is 11.2. The van der Waals surface area contributed by atoms with Crippen LogP contribution in [0.5, 0.6) is 0 Å². The molecule has 0 saturated carbocycles. The minimum absolute atomic E-state index is 0.178. The second kappa shape index (κ2) is 6.48. The van der Waals surface area contributed by atoms with Gasteiger partial charge in [0, 0.05) is 7.11 Å². The van der Waals surface area contributed by atoms with Crippen molar-refractivity contribution in [1.29, 1.82) is 0 Å². The van der Waals surface area contributed by atoms with Crippen LogP contribution in [-0.2, 0) is 30.4 Å². The third kappa shape index (κ3) is 7.79. The van der Waals surface area contributed by atoms with Gasteiger partial charge in [-0.25, -0.2) is 4.79 Å². The topological polar surface area (TPSA) is 44.8 Å². The van der Waals surface area contributed by atoms with Crippen LogP contribution in [0.1, 0.15) is 20.8 Å². The van der Waals surface area contributed by atoms with Crippen molar-refractivity contribution in [1.82, 2.24) is 0 Å². The molecule has 15 heavy (non-hydrogen) atoms. The molecule has 0 aliphatic rings. The smallest absolute Gasteiger partial charge is 0.334 e. The number of esters is 1. The number of rotatable bonds is 5. The molecule has 0 aromatic rings. The summed E-state index contributed by atoms with van der Waals surface area (Å²) in [5.74, 6) is -3.01. The van der Waals surface area contributed by atoms with Gasteiger partial charge >= 0.3 is 11.8 Å². The zero-order valence-corrected chi connectivity index (χ0v) is 11.5. The Labute approximate surface area is 99.5 Å². The van der Waals surface area contributed by atoms with Gasteiger partial charge < -0.3 is 13.8 Å². The van der Waals surface area contributed by atoms with Crippen molar-refractivity contribution in [3.63, 3.8) is 0 Å². The molecule has 0 radical (unpaired) electrons. The van der Waals surface area contributed by atoms with Gasteiger partial charge in [-0.1, -0.05) is 0 Å². The molecule has 1 unspecified atom stereocenters. The van der Waals surface area contributed by atoms with Crippen molar-refractivity contribution in [2.75, 3.05) is 7.11 Å². The van der Waals surface area contributed by atoms with Gasteiger partial charge in [0.05, 0.1) is 12.2 Å². The van der Waals surface area contributed by atoms with Crippen LogP contribution >= 0.6 is 17.1 Å². The first-order valence-electron chi connectivity index (χ1n) is 4.21. The zero-order valence-electron chi connectivity index (χ0n) is 9.02. The molecule has 0 spiro atoms. The summed E-state index contributed by atoms with van der Waals surface area (Å²) in [6, 6.07) is 0. The minimum Gasteiger partial charge on any atom is -0.460 e. The van der Waals surface area contributed by atoms with Gasteiger partial charge in [0.25, 0.3) is 0 Å². The van der Waals surface area contributed by atoms with Gasteiger partial charge in [0.1, 0.15) is 5.76 Å². The van der Waals surface area contributed by atoms with Crippen LogP contribution in [0.25, 0.3) is 0 Å². The summed E-state index contributed by atoms with van der Waals surface area (Å²) < 4.78 is 14.7. The number of allylic oxidation sites excluding steroid dienone is 1. The lowest BCUT2D eigenvalue weighted by Crippen LogP contribution is -2.09. The number of carbonyl (C=O) groups excluding carboxylic acids is 1. The van der Waals surface area contributed by atoms with Crippen LogP contribution in [0, 0.1) is 0 Å². The lowest BCUT2D eigenvalue weighted by atomic mass is 10.4. The predicted octanol–water partition coefficient (Wildman–Crippen LogP) is 2.97. The molecule has 0 aromatic heterocycles. The molecule has 0 aromatic carbocycles. The van der Waals surface area contributed by atoms with Crippen LogP contribution in [0.4, 0.5) is 0 Å². The standard InChI is InChI=1S/C8H14ClO4PS/c1-6(2)12-8(10)5-7(3)13-14(9,15)11-4/h5-6H,1-4H3/b7-5-. The summed E-state index contributed by atoms with van der Waals surface area (Å²) in [6.45, 7) is 5.07. The van der Waals surface area contributed by atoms with Gasteiger partial charge in [-0.15, -0.1) is 0 Å². The Balaban J connectivity index is 4.32. The Morgan fingerprint density at radius 2 is 2.07 bits per heavy atom. The molecule has 0 N–H and O–H groups in total. The van der Waals surface area contributed by atoms with Gasteiger partial charge in [0.2, 0.25) is 0 Å². The first kappa shape index (κ1) is 14.9. The molecule has 88 valence electrons. The molecule has 0 rings (SSSR count). The van der Waals surface area contributed by atoms with E-state index in [0.29, 0.717) is 0 Å². The monoisotopic (exact) mass is 272 g/mol. The molecule has 1 atom stereocenters. The zero-order chi connectivity index (χ0) is 12.1. The highest BCUT2D eigenvalue weighted by atomic mass is 35.7. The number of hydrogen-bond acceptors (Lipinski definition) is 5. The van der Waals surface area contributed by atoms with Crippen LogP contribution < -0.4 is 0 Å². The molecule has 4 nitrogen and oxygen atoms in total. The van der Waals surface area contributed by atoms with Gasteiger partial charge in [-0.2, -0.15) is 0 Å². The minimum atomic E-state index is -2.79. The highest BCUT2D eigenvalue weighted by Gasteiger charge is 2.14. The predicted molar refractivity (Wildman–Crippen MR) is 63.2 cm³/mol. The van der Waals surface area contributed by atoms with Crippen molar-refractivity contribution in [2.24, 2.45) is 0 Å². The Hall–Kier alpha value is -0.0900. The quantitative estimate of drug-likeness (QED) is 0.333. The average molecular weight is 273 g/mol. The summed E-state index contributed by atoms with van der Waals surface area (Å²) >= 11 is 10.5. The molecule has 7 heteroatoms. The number of carbonyl (C=O) groups is 1. The maximum atomic E-state index is 11.2. The summed E-state index contributed by atoms with van der Waals surface area (Å²) in [6.07, 6.45) is 1.01. The second-order valence-electron chi connectivity index (χ2n) is 2.95. The highest BCUT2D eigenvalue weighted by molar-refractivity contribution is 8.22. The molecular formula is C8H14ClO4PS. The average Bonchev–Trinajstić information content (AvgIpc) is 2.00. The van der Waals surface area contributed by atoms with E-state index in [1.165, 1.54) is 13.2 Å². The van der Waals surface area contributed by atoms with Crippen molar-refractivity contribution in [3.05, 3.63) is 11.8 Å². The van der Waals surface area contributed by atoms with Gasteiger partial charge in [-0.3, -0.25) is 0 Å². The van der Waals surface area contributed by atoms with E-state index in [9.17, 15) is 4.79 Å². The largest absolute Gasteiger partial charge is 0.460 e. The highest BCUT2D eigenvalue weighted by Crippen LogP contribution is 2.54. The van der Waals surface area contributed by atoms with E-state index in [-0.39, 0.29) is 11.9 Å². The van der Waals surface area contributed by atoms with Crippen molar-refractivity contribution in [2.45, 2.75) is 26.9 Å². The Bertz CT molecular complexity index is 303. The number of halogens is 1. The van der Waals surface area contributed by atoms with Crippen LogP contribution in [0.3, 0.4) is 0 Å². The third-order valence-corrected chi connectivity index (χ3v) is 3.38. The van der Waals surface area contributed by atoms with Crippen molar-refractivity contribution in [3.8, 4) is 0 Å². The van der Waals surface area contributed by atoms with E-state index in [1.54, 1.807) is 20.8 Å². The van der Waals surface area contributed by atoms with Crippen LogP contribution in [0.15, 0.2) is 11.8 Å². The van der Waals surface area contributed by atoms with E-state index in [2.05, 4.69) is 0 Å². The summed E-state index contributed by atoms with van der Waals surface area (Å²) in [7, 11) is 1.35. The van der Waals surface area contributed by atoms with E-state index in [4.69, 9.17) is 36.8 Å². The molecule has 0 aliphatic heterocycles. The fraction of sp³-hybridized carbons (Fsp3) is 0.625. The van der Waals surface area contributed by atoms with Crippen molar-refractivity contribution >= 4 is 34.9 Å². The SMILES string of the molecule is COP(=S)(Cl)O/C(C)=C\C(=O)OC(C)C. The van der Waals surface area contributed by atoms with E-state index < -0.39 is 11.8 Å². The fourth-order valence-electron chi connectivity index (χ4n) is 0.668. The van der Waals surface area contributed by atoms with Gasteiger partial charge in [-0.05, 0) is 43.8 Å². The molecule has 0 aliphatic carbocycles. The lowest BCUT2D eigenvalue weighted by Gasteiger charge is -2.13.